The lowest BCUT2D eigenvalue weighted by Gasteiger charge is -2.21. The number of nitrogens with two attached hydrogens (primary N) is 1. The van der Waals surface area contributed by atoms with E-state index in [4.69, 9.17) is 27.3 Å². The van der Waals surface area contributed by atoms with Gasteiger partial charge in [0, 0.05) is 30.4 Å². The molecule has 1 saturated heterocycles. The molecule has 1 aromatic carbocycles. The van der Waals surface area contributed by atoms with Crippen LogP contribution in [0.15, 0.2) is 18.2 Å². The second-order valence-corrected chi connectivity index (χ2v) is 7.14. The quantitative estimate of drug-likeness (QED) is 0.729. The summed E-state index contributed by atoms with van der Waals surface area (Å²) < 4.78 is 0. The predicted molar refractivity (Wildman–Crippen MR) is 103 cm³/mol. The Hall–Kier alpha value is -2.05. The zero-order valence-electron chi connectivity index (χ0n) is 14.3. The van der Waals surface area contributed by atoms with Crippen LogP contribution in [0.3, 0.4) is 0 Å². The topological polar surface area (TPSA) is 79.1 Å². The fraction of sp³-hybridized carbons (Fsp3) is 0.444. The van der Waals surface area contributed by atoms with Crippen molar-refractivity contribution in [3.05, 3.63) is 34.5 Å². The van der Waals surface area contributed by atoms with E-state index < -0.39 is 0 Å². The van der Waals surface area contributed by atoms with Crippen LogP contribution in [0.2, 0.25) is 5.02 Å². The summed E-state index contributed by atoms with van der Waals surface area (Å²) in [4.78, 5) is 12.0. The average molecular weight is 359 g/mol. The van der Waals surface area contributed by atoms with Gasteiger partial charge in [-0.1, -0.05) is 11.6 Å². The number of halogens is 1. The number of likely N-dealkylation sites (N-methyl/N-ethyl adjacent to an activating group) is 1. The Labute approximate surface area is 152 Å². The van der Waals surface area contributed by atoms with E-state index in [1.165, 1.54) is 11.3 Å². The summed E-state index contributed by atoms with van der Waals surface area (Å²) in [6.45, 7) is 2.02. The summed E-state index contributed by atoms with van der Waals surface area (Å²) in [5.74, 6) is 1.72. The van der Waals surface area contributed by atoms with Gasteiger partial charge in [0.25, 0.3) is 0 Å². The van der Waals surface area contributed by atoms with E-state index >= 15 is 0 Å². The third-order valence-corrected chi connectivity index (χ3v) is 5.40. The molecule has 0 bridgehead atoms. The molecule has 6 nitrogen and oxygen atoms in total. The minimum absolute atomic E-state index is 0.527. The van der Waals surface area contributed by atoms with Crippen LogP contribution in [-0.4, -0.2) is 36.1 Å². The predicted octanol–water partition coefficient (Wildman–Crippen LogP) is 2.74. The first kappa shape index (κ1) is 16.4. The number of nitrogens with zero attached hydrogens (tertiary/aromatic N) is 3. The molecular formula is C18H23ClN6. The summed E-state index contributed by atoms with van der Waals surface area (Å²) in [7, 11) is 2.02. The van der Waals surface area contributed by atoms with E-state index in [1.807, 2.05) is 19.2 Å². The SMILES string of the molecule is CN[C@H]1CCN(c2nc(Nc3ccc(Cl)c(N)c3)nc3c2CCC3)C1. The molecule has 132 valence electrons. The van der Waals surface area contributed by atoms with Crippen molar-refractivity contribution >= 4 is 34.7 Å². The molecule has 1 aromatic heterocycles. The van der Waals surface area contributed by atoms with Crippen LogP contribution in [0.25, 0.3) is 0 Å². The minimum atomic E-state index is 0.527. The van der Waals surface area contributed by atoms with Crippen molar-refractivity contribution in [3.63, 3.8) is 0 Å². The summed E-state index contributed by atoms with van der Waals surface area (Å²) >= 11 is 6.00. The molecule has 1 atom stereocenters. The van der Waals surface area contributed by atoms with Crippen LogP contribution in [-0.2, 0) is 12.8 Å². The van der Waals surface area contributed by atoms with Crippen molar-refractivity contribution in [2.24, 2.45) is 0 Å². The van der Waals surface area contributed by atoms with Crippen LogP contribution < -0.4 is 21.3 Å². The molecule has 25 heavy (non-hydrogen) atoms. The fourth-order valence-corrected chi connectivity index (χ4v) is 3.79. The van der Waals surface area contributed by atoms with Crippen LogP contribution >= 0.6 is 11.6 Å². The zero-order valence-corrected chi connectivity index (χ0v) is 15.1. The lowest BCUT2D eigenvalue weighted by molar-refractivity contribution is 0.616. The number of rotatable bonds is 4. The Morgan fingerprint density at radius 2 is 2.16 bits per heavy atom. The summed E-state index contributed by atoms with van der Waals surface area (Å²) in [6.07, 6.45) is 4.38. The Morgan fingerprint density at radius 3 is 2.92 bits per heavy atom. The number of nitrogen functional groups attached to an aromatic ring is 1. The third-order valence-electron chi connectivity index (χ3n) is 5.06. The number of benzene rings is 1. The first-order valence-electron chi connectivity index (χ1n) is 8.78. The molecule has 2 heterocycles. The summed E-state index contributed by atoms with van der Waals surface area (Å²) in [5.41, 5.74) is 9.78. The van der Waals surface area contributed by atoms with Gasteiger partial charge in [-0.25, -0.2) is 4.98 Å². The van der Waals surface area contributed by atoms with E-state index in [2.05, 4.69) is 15.5 Å². The molecule has 1 aliphatic carbocycles. The maximum atomic E-state index is 6.00. The van der Waals surface area contributed by atoms with Crippen molar-refractivity contribution in [3.8, 4) is 0 Å². The molecule has 4 N–H and O–H groups in total. The monoisotopic (exact) mass is 358 g/mol. The number of fused-ring (bicyclic) bond motifs is 1. The number of hydrogen-bond donors (Lipinski definition) is 3. The summed E-state index contributed by atoms with van der Waals surface area (Å²) in [5, 5.41) is 7.21. The molecular weight excluding hydrogens is 336 g/mol. The molecule has 7 heteroatoms. The molecule has 1 fully saturated rings. The van der Waals surface area contributed by atoms with Gasteiger partial charge in [-0.2, -0.15) is 4.98 Å². The van der Waals surface area contributed by atoms with Crippen LogP contribution in [0.4, 0.5) is 23.1 Å². The fourth-order valence-electron chi connectivity index (χ4n) is 3.67. The highest BCUT2D eigenvalue weighted by Crippen LogP contribution is 2.33. The molecule has 0 saturated carbocycles. The van der Waals surface area contributed by atoms with Gasteiger partial charge in [-0.15, -0.1) is 0 Å². The molecule has 0 unspecified atom stereocenters. The first-order valence-corrected chi connectivity index (χ1v) is 9.16. The summed E-state index contributed by atoms with van der Waals surface area (Å²) in [6, 6.07) is 6.01. The van der Waals surface area contributed by atoms with E-state index in [9.17, 15) is 0 Å². The van der Waals surface area contributed by atoms with Gasteiger partial charge in [0.1, 0.15) is 5.82 Å². The number of nitrogens with one attached hydrogen (secondary N) is 2. The van der Waals surface area contributed by atoms with Gasteiger partial charge < -0.3 is 21.3 Å². The molecule has 0 radical (unpaired) electrons. The van der Waals surface area contributed by atoms with Crippen LogP contribution in [0, 0.1) is 0 Å². The average Bonchev–Trinajstić information content (AvgIpc) is 3.26. The highest BCUT2D eigenvalue weighted by Gasteiger charge is 2.28. The largest absolute Gasteiger partial charge is 0.397 e. The van der Waals surface area contributed by atoms with Gasteiger partial charge in [0.2, 0.25) is 5.95 Å². The molecule has 1 aliphatic heterocycles. The van der Waals surface area contributed by atoms with Crippen molar-refractivity contribution in [2.45, 2.75) is 31.7 Å². The Kier molecular flexibility index (Phi) is 4.39. The van der Waals surface area contributed by atoms with Gasteiger partial charge in [0.15, 0.2) is 0 Å². The number of aryl methyl sites for hydroxylation is 1. The molecule has 2 aliphatic rings. The van der Waals surface area contributed by atoms with Gasteiger partial charge in [-0.05, 0) is 50.9 Å². The first-order chi connectivity index (χ1) is 12.1. The van der Waals surface area contributed by atoms with Gasteiger partial charge >= 0.3 is 0 Å². The normalized spacial score (nSPS) is 19.3. The number of hydrogen-bond acceptors (Lipinski definition) is 6. The maximum absolute atomic E-state index is 6.00. The number of aromatic nitrogens is 2. The van der Waals surface area contributed by atoms with Crippen molar-refractivity contribution in [2.75, 3.05) is 36.1 Å². The van der Waals surface area contributed by atoms with E-state index in [0.29, 0.717) is 22.7 Å². The third kappa shape index (κ3) is 3.24. The van der Waals surface area contributed by atoms with E-state index in [1.54, 1.807) is 6.07 Å². The lowest BCUT2D eigenvalue weighted by Crippen LogP contribution is -2.30. The Morgan fingerprint density at radius 1 is 1.28 bits per heavy atom. The van der Waals surface area contributed by atoms with E-state index in [-0.39, 0.29) is 0 Å². The molecule has 2 aromatic rings. The molecule has 4 rings (SSSR count). The molecule has 0 spiro atoms. The smallest absolute Gasteiger partial charge is 0.229 e. The second kappa shape index (κ2) is 6.69. The Balaban J connectivity index is 1.65. The van der Waals surface area contributed by atoms with Gasteiger partial charge in [-0.3, -0.25) is 0 Å². The second-order valence-electron chi connectivity index (χ2n) is 6.73. The van der Waals surface area contributed by atoms with Crippen LogP contribution in [0.1, 0.15) is 24.1 Å². The van der Waals surface area contributed by atoms with Crippen molar-refractivity contribution < 1.29 is 0 Å². The van der Waals surface area contributed by atoms with Crippen molar-refractivity contribution in [1.29, 1.82) is 0 Å². The lowest BCUT2D eigenvalue weighted by atomic mass is 10.2. The highest BCUT2D eigenvalue weighted by molar-refractivity contribution is 6.33. The number of anilines is 4. The van der Waals surface area contributed by atoms with Gasteiger partial charge in [0.05, 0.1) is 16.4 Å². The highest BCUT2D eigenvalue weighted by atomic mass is 35.5. The maximum Gasteiger partial charge on any atom is 0.229 e. The van der Waals surface area contributed by atoms with E-state index in [0.717, 1.165) is 50.3 Å². The standard InChI is InChI=1S/C18H23ClN6/c1-21-12-7-8-25(10-12)17-13-3-2-4-16(13)23-18(24-17)22-11-5-6-14(19)15(20)9-11/h5-6,9,12,21H,2-4,7-8,10,20H2,1H3,(H,22,23,24)/t12-/m0/s1. The Bertz CT molecular complexity index is 793. The van der Waals surface area contributed by atoms with Crippen LogP contribution in [0.5, 0.6) is 0 Å². The molecule has 0 amide bonds. The zero-order chi connectivity index (χ0) is 17.4. The minimum Gasteiger partial charge on any atom is -0.397 e. The van der Waals surface area contributed by atoms with Crippen molar-refractivity contribution in [1.82, 2.24) is 15.3 Å².